The molecule has 4 rings (SSSR count). The molecule has 2 aliphatic heterocycles. The molecule has 1 aromatic carbocycles. The topological polar surface area (TPSA) is 69.7 Å². The summed E-state index contributed by atoms with van der Waals surface area (Å²) in [6.07, 6.45) is 5.59. The minimum absolute atomic E-state index is 0.0235. The summed E-state index contributed by atoms with van der Waals surface area (Å²) in [5.74, 6) is 0.475. The lowest BCUT2D eigenvalue weighted by molar-refractivity contribution is -0.135. The van der Waals surface area contributed by atoms with E-state index in [1.54, 1.807) is 18.2 Å². The van der Waals surface area contributed by atoms with E-state index in [2.05, 4.69) is 5.32 Å². The second-order valence-electron chi connectivity index (χ2n) is 7.94. The van der Waals surface area contributed by atoms with Crippen LogP contribution < -0.4 is 5.32 Å². The Morgan fingerprint density at radius 2 is 1.56 bits per heavy atom. The number of likely N-dealkylation sites (tertiary alicyclic amines) is 2. The molecule has 6 nitrogen and oxygen atoms in total. The van der Waals surface area contributed by atoms with Crippen molar-refractivity contribution in [3.63, 3.8) is 0 Å². The molecule has 144 valence electrons. The standard InChI is InChI=1S/C21H27N3O3/c25-19(15-6-7-15)22-18-5-3-4-17(14-18)21(27)24-12-8-16(9-13-24)20(26)23-10-1-2-11-23/h3-5,14-16H,1-2,6-13H2,(H,22,25). The summed E-state index contributed by atoms with van der Waals surface area (Å²) in [4.78, 5) is 41.1. The van der Waals surface area contributed by atoms with Crippen molar-refractivity contribution in [2.75, 3.05) is 31.5 Å². The van der Waals surface area contributed by atoms with Crippen LogP contribution in [0.2, 0.25) is 0 Å². The second kappa shape index (κ2) is 7.71. The van der Waals surface area contributed by atoms with E-state index in [-0.39, 0.29) is 29.6 Å². The molecule has 0 aromatic heterocycles. The summed E-state index contributed by atoms with van der Waals surface area (Å²) >= 11 is 0. The summed E-state index contributed by atoms with van der Waals surface area (Å²) in [6.45, 7) is 3.00. The van der Waals surface area contributed by atoms with Gasteiger partial charge in [-0.3, -0.25) is 14.4 Å². The Hall–Kier alpha value is -2.37. The van der Waals surface area contributed by atoms with Gasteiger partial charge in [0.2, 0.25) is 11.8 Å². The fourth-order valence-corrected chi connectivity index (χ4v) is 4.03. The highest BCUT2D eigenvalue weighted by Gasteiger charge is 2.32. The molecule has 3 aliphatic rings. The van der Waals surface area contributed by atoms with Crippen LogP contribution in [-0.2, 0) is 9.59 Å². The molecule has 0 bridgehead atoms. The van der Waals surface area contributed by atoms with Gasteiger partial charge in [0, 0.05) is 49.3 Å². The highest BCUT2D eigenvalue weighted by atomic mass is 16.2. The van der Waals surface area contributed by atoms with Crippen LogP contribution in [0.15, 0.2) is 24.3 Å². The van der Waals surface area contributed by atoms with Gasteiger partial charge >= 0.3 is 0 Å². The maximum Gasteiger partial charge on any atom is 0.253 e. The molecule has 3 amide bonds. The number of anilines is 1. The number of nitrogens with zero attached hydrogens (tertiary/aromatic N) is 2. The Labute approximate surface area is 159 Å². The van der Waals surface area contributed by atoms with Crippen molar-refractivity contribution in [1.29, 1.82) is 0 Å². The number of carbonyl (C=O) groups is 3. The van der Waals surface area contributed by atoms with E-state index in [1.807, 2.05) is 15.9 Å². The molecule has 0 atom stereocenters. The van der Waals surface area contributed by atoms with Crippen LogP contribution in [0.1, 0.15) is 48.9 Å². The van der Waals surface area contributed by atoms with E-state index in [9.17, 15) is 14.4 Å². The summed E-state index contributed by atoms with van der Waals surface area (Å²) in [7, 11) is 0. The van der Waals surface area contributed by atoms with E-state index in [0.717, 1.165) is 51.6 Å². The van der Waals surface area contributed by atoms with Gasteiger partial charge in [0.15, 0.2) is 0 Å². The van der Waals surface area contributed by atoms with E-state index < -0.39 is 0 Å². The lowest BCUT2D eigenvalue weighted by atomic mass is 9.95. The van der Waals surface area contributed by atoms with E-state index >= 15 is 0 Å². The van der Waals surface area contributed by atoms with E-state index in [4.69, 9.17) is 0 Å². The maximum atomic E-state index is 12.8. The predicted octanol–water partition coefficient (Wildman–Crippen LogP) is 2.51. The van der Waals surface area contributed by atoms with Gasteiger partial charge in [0.05, 0.1) is 0 Å². The smallest absolute Gasteiger partial charge is 0.253 e. The van der Waals surface area contributed by atoms with Crippen molar-refractivity contribution >= 4 is 23.4 Å². The van der Waals surface area contributed by atoms with Gasteiger partial charge in [0.1, 0.15) is 0 Å². The Morgan fingerprint density at radius 1 is 0.852 bits per heavy atom. The lowest BCUT2D eigenvalue weighted by Crippen LogP contribution is -2.43. The van der Waals surface area contributed by atoms with Gasteiger partial charge in [0.25, 0.3) is 5.91 Å². The van der Waals surface area contributed by atoms with Gasteiger partial charge in [-0.1, -0.05) is 6.07 Å². The van der Waals surface area contributed by atoms with Crippen LogP contribution in [0.5, 0.6) is 0 Å². The van der Waals surface area contributed by atoms with Gasteiger partial charge in [-0.2, -0.15) is 0 Å². The molecular formula is C21H27N3O3. The summed E-state index contributed by atoms with van der Waals surface area (Å²) < 4.78 is 0. The van der Waals surface area contributed by atoms with Crippen molar-refractivity contribution < 1.29 is 14.4 Å². The third kappa shape index (κ3) is 4.15. The molecule has 0 spiro atoms. The predicted molar refractivity (Wildman–Crippen MR) is 102 cm³/mol. The lowest BCUT2D eigenvalue weighted by Gasteiger charge is -2.33. The minimum atomic E-state index is -0.0235. The molecule has 2 heterocycles. The average Bonchev–Trinajstić information content (AvgIpc) is 3.42. The molecule has 0 radical (unpaired) electrons. The zero-order chi connectivity index (χ0) is 18.8. The fraction of sp³-hybridized carbons (Fsp3) is 0.571. The molecule has 3 fully saturated rings. The third-order valence-corrected chi connectivity index (χ3v) is 5.87. The summed E-state index contributed by atoms with van der Waals surface area (Å²) in [5.41, 5.74) is 1.27. The number of piperidine rings is 1. The molecule has 0 unspecified atom stereocenters. The zero-order valence-electron chi connectivity index (χ0n) is 15.7. The number of hydrogen-bond acceptors (Lipinski definition) is 3. The molecule has 6 heteroatoms. The number of hydrogen-bond donors (Lipinski definition) is 1. The molecule has 1 aliphatic carbocycles. The number of amides is 3. The van der Waals surface area contributed by atoms with Gasteiger partial charge in [-0.25, -0.2) is 0 Å². The number of rotatable bonds is 4. The Morgan fingerprint density at radius 3 is 2.22 bits per heavy atom. The van der Waals surface area contributed by atoms with Crippen molar-refractivity contribution in [2.24, 2.45) is 11.8 Å². The Bertz CT molecular complexity index is 730. The third-order valence-electron chi connectivity index (χ3n) is 5.87. The SMILES string of the molecule is O=C(Nc1cccc(C(=O)N2CCC(C(=O)N3CCCC3)CC2)c1)C1CC1. The van der Waals surface area contributed by atoms with Crippen LogP contribution in [-0.4, -0.2) is 53.7 Å². The number of benzene rings is 1. The normalized spacial score (nSPS) is 20.6. The second-order valence-corrected chi connectivity index (χ2v) is 7.94. The quantitative estimate of drug-likeness (QED) is 0.887. The van der Waals surface area contributed by atoms with Crippen molar-refractivity contribution in [2.45, 2.75) is 38.5 Å². The largest absolute Gasteiger partial charge is 0.342 e. The fourth-order valence-electron chi connectivity index (χ4n) is 4.03. The van der Waals surface area contributed by atoms with Crippen LogP contribution in [0.4, 0.5) is 5.69 Å². The minimum Gasteiger partial charge on any atom is -0.342 e. The van der Waals surface area contributed by atoms with Crippen LogP contribution in [0.3, 0.4) is 0 Å². The van der Waals surface area contributed by atoms with Gasteiger partial charge in [-0.05, 0) is 56.7 Å². The first kappa shape index (κ1) is 18.0. The van der Waals surface area contributed by atoms with Crippen molar-refractivity contribution in [3.8, 4) is 0 Å². The highest BCUT2D eigenvalue weighted by Crippen LogP contribution is 2.30. The summed E-state index contributed by atoms with van der Waals surface area (Å²) in [5, 5.41) is 2.90. The number of carbonyl (C=O) groups excluding carboxylic acids is 3. The zero-order valence-corrected chi connectivity index (χ0v) is 15.7. The van der Waals surface area contributed by atoms with Crippen LogP contribution >= 0.6 is 0 Å². The maximum absolute atomic E-state index is 12.8. The Balaban J connectivity index is 1.33. The first-order valence-corrected chi connectivity index (χ1v) is 10.1. The van der Waals surface area contributed by atoms with E-state index in [0.29, 0.717) is 24.3 Å². The Kier molecular flexibility index (Phi) is 5.14. The molecule has 1 aromatic rings. The average molecular weight is 369 g/mol. The molecule has 2 saturated heterocycles. The first-order valence-electron chi connectivity index (χ1n) is 10.1. The van der Waals surface area contributed by atoms with Crippen LogP contribution in [0.25, 0.3) is 0 Å². The molecule has 1 N–H and O–H groups in total. The first-order chi connectivity index (χ1) is 13.1. The van der Waals surface area contributed by atoms with Gasteiger partial charge in [-0.15, -0.1) is 0 Å². The highest BCUT2D eigenvalue weighted by molar-refractivity contribution is 5.98. The molecule has 1 saturated carbocycles. The molecule has 27 heavy (non-hydrogen) atoms. The van der Waals surface area contributed by atoms with Crippen molar-refractivity contribution in [3.05, 3.63) is 29.8 Å². The van der Waals surface area contributed by atoms with Crippen LogP contribution in [0, 0.1) is 11.8 Å². The van der Waals surface area contributed by atoms with Gasteiger partial charge < -0.3 is 15.1 Å². The van der Waals surface area contributed by atoms with Crippen molar-refractivity contribution in [1.82, 2.24) is 9.80 Å². The van der Waals surface area contributed by atoms with E-state index in [1.165, 1.54) is 0 Å². The molecular weight excluding hydrogens is 342 g/mol. The monoisotopic (exact) mass is 369 g/mol. The number of nitrogens with one attached hydrogen (secondary N) is 1. The summed E-state index contributed by atoms with van der Waals surface area (Å²) in [6, 6.07) is 7.16.